The summed E-state index contributed by atoms with van der Waals surface area (Å²) in [6, 6.07) is 0. The summed E-state index contributed by atoms with van der Waals surface area (Å²) in [4.78, 5) is 24.7. The fourth-order valence-corrected chi connectivity index (χ4v) is 2.11. The van der Waals surface area contributed by atoms with E-state index in [4.69, 9.17) is 20.6 Å². The highest BCUT2D eigenvalue weighted by molar-refractivity contribution is 6.07. The maximum absolute atomic E-state index is 12.0. The lowest BCUT2D eigenvalue weighted by Crippen LogP contribution is -2.55. The summed E-state index contributed by atoms with van der Waals surface area (Å²) < 4.78 is 10.7. The van der Waals surface area contributed by atoms with Crippen molar-refractivity contribution in [2.75, 3.05) is 13.2 Å². The number of rotatable bonds is 3. The highest BCUT2D eigenvalue weighted by Gasteiger charge is 2.41. The lowest BCUT2D eigenvalue weighted by Gasteiger charge is -2.37. The highest BCUT2D eigenvalue weighted by Crippen LogP contribution is 2.23. The van der Waals surface area contributed by atoms with E-state index in [9.17, 15) is 9.59 Å². The Morgan fingerprint density at radius 2 is 2.05 bits per heavy atom. The van der Waals surface area contributed by atoms with E-state index in [1.165, 1.54) is 0 Å². The van der Waals surface area contributed by atoms with Gasteiger partial charge in [0.1, 0.15) is 17.4 Å². The molecule has 0 aromatic carbocycles. The summed E-state index contributed by atoms with van der Waals surface area (Å²) in [7, 11) is 0. The van der Waals surface area contributed by atoms with E-state index in [0.717, 1.165) is 4.90 Å². The molecule has 1 saturated heterocycles. The van der Waals surface area contributed by atoms with Crippen molar-refractivity contribution in [3.63, 3.8) is 0 Å². The Hall–Kier alpha value is -1.63. The second kappa shape index (κ2) is 6.21. The summed E-state index contributed by atoms with van der Waals surface area (Å²) in [6.07, 6.45) is -0.643. The minimum atomic E-state index is -0.920. The number of amides is 2. The fraction of sp³-hybridized carbons (Fsp3) is 0.769. The van der Waals surface area contributed by atoms with Crippen molar-refractivity contribution >= 4 is 17.8 Å². The van der Waals surface area contributed by atoms with E-state index >= 15 is 0 Å². The van der Waals surface area contributed by atoms with Gasteiger partial charge >= 0.3 is 6.09 Å². The van der Waals surface area contributed by atoms with Gasteiger partial charge in [-0.15, -0.1) is 0 Å². The second-order valence-corrected chi connectivity index (χ2v) is 5.68. The molecule has 0 aromatic heterocycles. The van der Waals surface area contributed by atoms with Crippen LogP contribution in [0.4, 0.5) is 4.79 Å². The predicted octanol–water partition coefficient (Wildman–Crippen LogP) is 1.11. The van der Waals surface area contributed by atoms with Crippen molar-refractivity contribution in [3.8, 4) is 0 Å². The minimum Gasteiger partial charge on any atom is -0.443 e. The number of amidine groups is 1. The lowest BCUT2D eigenvalue weighted by atomic mass is 9.92. The Morgan fingerprint density at radius 1 is 1.45 bits per heavy atom. The molecule has 0 aromatic rings. The fourth-order valence-electron chi connectivity index (χ4n) is 2.11. The molecular weight excluding hydrogens is 262 g/mol. The molecule has 1 aliphatic heterocycles. The van der Waals surface area contributed by atoms with E-state index in [0.29, 0.717) is 13.0 Å². The molecule has 1 rings (SSSR count). The normalized spacial score (nSPS) is 23.6. The van der Waals surface area contributed by atoms with Crippen LogP contribution in [0.25, 0.3) is 0 Å². The van der Waals surface area contributed by atoms with Crippen LogP contribution < -0.4 is 5.73 Å². The number of primary amides is 1. The number of nitrogens with zero attached hydrogens (tertiary/aromatic N) is 1. The zero-order valence-corrected chi connectivity index (χ0v) is 12.4. The number of piperidine rings is 1. The van der Waals surface area contributed by atoms with Crippen LogP contribution in [0, 0.1) is 11.3 Å². The van der Waals surface area contributed by atoms with Crippen molar-refractivity contribution in [2.45, 2.75) is 45.8 Å². The number of hydrogen-bond acceptors (Lipinski definition) is 5. The van der Waals surface area contributed by atoms with Gasteiger partial charge in [0.15, 0.2) is 0 Å². The van der Waals surface area contributed by atoms with Gasteiger partial charge in [0, 0.05) is 13.2 Å². The average Bonchev–Trinajstić information content (AvgIpc) is 2.26. The topological polar surface area (TPSA) is 106 Å². The highest BCUT2D eigenvalue weighted by atomic mass is 16.6. The molecule has 20 heavy (non-hydrogen) atoms. The van der Waals surface area contributed by atoms with Gasteiger partial charge in [-0.1, -0.05) is 0 Å². The van der Waals surface area contributed by atoms with E-state index in [-0.39, 0.29) is 12.4 Å². The second-order valence-electron chi connectivity index (χ2n) is 5.68. The Kier molecular flexibility index (Phi) is 5.10. The summed E-state index contributed by atoms with van der Waals surface area (Å²) in [5.74, 6) is -1.74. The van der Waals surface area contributed by atoms with E-state index in [1.54, 1.807) is 20.8 Å². The minimum absolute atomic E-state index is 0.156. The quantitative estimate of drug-likeness (QED) is 0.810. The van der Waals surface area contributed by atoms with Crippen LogP contribution in [0.1, 0.15) is 34.1 Å². The predicted molar refractivity (Wildman–Crippen MR) is 73.4 cm³/mol. The smallest absolute Gasteiger partial charge is 0.415 e. The van der Waals surface area contributed by atoms with Crippen LogP contribution in [0.5, 0.6) is 0 Å². The molecule has 2 amide bonds. The van der Waals surface area contributed by atoms with Crippen molar-refractivity contribution in [1.29, 1.82) is 5.41 Å². The van der Waals surface area contributed by atoms with Gasteiger partial charge in [0.25, 0.3) is 0 Å². The molecule has 7 nitrogen and oxygen atoms in total. The number of likely N-dealkylation sites (tertiary alicyclic amines) is 1. The monoisotopic (exact) mass is 285 g/mol. The third-order valence-electron chi connectivity index (χ3n) is 2.90. The molecule has 0 spiro atoms. The van der Waals surface area contributed by atoms with E-state index < -0.39 is 29.6 Å². The van der Waals surface area contributed by atoms with Crippen molar-refractivity contribution in [3.05, 3.63) is 0 Å². The van der Waals surface area contributed by atoms with Crippen LogP contribution in [-0.2, 0) is 14.3 Å². The summed E-state index contributed by atoms with van der Waals surface area (Å²) in [6.45, 7) is 7.74. The Bertz CT molecular complexity index is 403. The van der Waals surface area contributed by atoms with Crippen LogP contribution in [-0.4, -0.2) is 47.6 Å². The van der Waals surface area contributed by atoms with Crippen LogP contribution in [0.2, 0.25) is 0 Å². The molecule has 1 aliphatic rings. The largest absolute Gasteiger partial charge is 0.443 e. The van der Waals surface area contributed by atoms with Gasteiger partial charge in [-0.3, -0.25) is 15.1 Å². The van der Waals surface area contributed by atoms with Crippen LogP contribution >= 0.6 is 0 Å². The maximum Gasteiger partial charge on any atom is 0.415 e. The van der Waals surface area contributed by atoms with Crippen molar-refractivity contribution < 1.29 is 19.1 Å². The van der Waals surface area contributed by atoms with Gasteiger partial charge in [-0.05, 0) is 34.1 Å². The Morgan fingerprint density at radius 3 is 2.50 bits per heavy atom. The van der Waals surface area contributed by atoms with Gasteiger partial charge in [-0.2, -0.15) is 0 Å². The molecule has 2 atom stereocenters. The third-order valence-corrected chi connectivity index (χ3v) is 2.90. The molecule has 0 radical (unpaired) electrons. The van der Waals surface area contributed by atoms with Crippen LogP contribution in [0.3, 0.4) is 0 Å². The SMILES string of the molecule is CCOC1CCN(C(=O)OC(C)(C)C)C(=N)C1C(N)=O. The zero-order valence-electron chi connectivity index (χ0n) is 12.4. The first-order chi connectivity index (χ1) is 9.17. The van der Waals surface area contributed by atoms with Gasteiger partial charge in [0.05, 0.1) is 6.10 Å². The number of nitrogens with two attached hydrogens (primary N) is 1. The average molecular weight is 285 g/mol. The summed E-state index contributed by atoms with van der Waals surface area (Å²) in [5.41, 5.74) is 4.67. The zero-order chi connectivity index (χ0) is 15.5. The Labute approximate surface area is 118 Å². The molecule has 0 aliphatic carbocycles. The molecule has 2 unspecified atom stereocenters. The molecule has 1 heterocycles. The number of carbonyl (C=O) groups is 2. The van der Waals surface area contributed by atoms with E-state index in [1.807, 2.05) is 6.92 Å². The molecule has 0 bridgehead atoms. The molecule has 0 saturated carbocycles. The van der Waals surface area contributed by atoms with E-state index in [2.05, 4.69) is 0 Å². The molecule has 114 valence electrons. The third kappa shape index (κ3) is 3.93. The standard InChI is InChI=1S/C13H23N3O4/c1-5-19-8-6-7-16(10(14)9(8)11(15)17)12(18)20-13(2,3)4/h8-9,14H,5-7H2,1-4H3,(H2,15,17). The number of hydrogen-bond donors (Lipinski definition) is 2. The number of carbonyl (C=O) groups excluding carboxylic acids is 2. The van der Waals surface area contributed by atoms with Gasteiger partial charge in [0.2, 0.25) is 5.91 Å². The first kappa shape index (κ1) is 16.4. The molecular formula is C13H23N3O4. The van der Waals surface area contributed by atoms with Gasteiger partial charge < -0.3 is 15.2 Å². The molecule has 7 heteroatoms. The van der Waals surface area contributed by atoms with Crippen molar-refractivity contribution in [2.24, 2.45) is 11.7 Å². The number of nitrogens with one attached hydrogen (secondary N) is 1. The summed E-state index contributed by atoms with van der Waals surface area (Å²) in [5, 5.41) is 8.02. The first-order valence-corrected chi connectivity index (χ1v) is 6.67. The molecule has 1 fully saturated rings. The Balaban J connectivity index is 2.85. The number of ether oxygens (including phenoxy) is 2. The lowest BCUT2D eigenvalue weighted by molar-refractivity contribution is -0.125. The summed E-state index contributed by atoms with van der Waals surface area (Å²) >= 11 is 0. The van der Waals surface area contributed by atoms with Crippen molar-refractivity contribution in [1.82, 2.24) is 4.90 Å². The first-order valence-electron chi connectivity index (χ1n) is 6.67. The maximum atomic E-state index is 12.0. The van der Waals surface area contributed by atoms with Gasteiger partial charge in [-0.25, -0.2) is 4.79 Å². The van der Waals surface area contributed by atoms with Crippen LogP contribution in [0.15, 0.2) is 0 Å². The molecule has 3 N–H and O–H groups in total.